The first-order valence-electron chi connectivity index (χ1n) is 7.80. The van der Waals surface area contributed by atoms with Crippen LogP contribution in [-0.4, -0.2) is 16.6 Å². The van der Waals surface area contributed by atoms with E-state index in [0.29, 0.717) is 6.61 Å². The fourth-order valence-electron chi connectivity index (χ4n) is 3.59. The first kappa shape index (κ1) is 13.8. The van der Waals surface area contributed by atoms with E-state index in [4.69, 9.17) is 20.5 Å². The van der Waals surface area contributed by atoms with E-state index in [0.717, 1.165) is 49.4 Å². The van der Waals surface area contributed by atoms with E-state index >= 15 is 0 Å². The minimum atomic E-state index is -0.295. The van der Waals surface area contributed by atoms with Gasteiger partial charge in [0.25, 0.3) is 0 Å². The van der Waals surface area contributed by atoms with E-state index in [1.54, 1.807) is 0 Å². The molecule has 0 aromatic carbocycles. The number of aromatic nitrogens is 2. The molecule has 3 N–H and O–H groups in total. The van der Waals surface area contributed by atoms with Crippen molar-refractivity contribution in [1.29, 1.82) is 0 Å². The van der Waals surface area contributed by atoms with Crippen molar-refractivity contribution < 1.29 is 4.74 Å². The van der Waals surface area contributed by atoms with Crippen LogP contribution in [0.3, 0.4) is 0 Å². The summed E-state index contributed by atoms with van der Waals surface area (Å²) in [7, 11) is 0. The molecule has 110 valence electrons. The first-order chi connectivity index (χ1) is 9.79. The number of hydrazine groups is 1. The second-order valence-electron chi connectivity index (χ2n) is 5.81. The van der Waals surface area contributed by atoms with Crippen molar-refractivity contribution in [3.63, 3.8) is 0 Å². The highest BCUT2D eigenvalue weighted by Gasteiger charge is 2.38. The van der Waals surface area contributed by atoms with E-state index in [1.165, 1.54) is 24.8 Å². The van der Waals surface area contributed by atoms with Crippen LogP contribution in [0.2, 0.25) is 0 Å². The summed E-state index contributed by atoms with van der Waals surface area (Å²) < 4.78 is 6.12. The number of nitrogen functional groups attached to an aromatic ring is 1. The number of ether oxygens (including phenoxy) is 1. The molecule has 1 aromatic heterocycles. The number of nitrogens with two attached hydrogens (primary N) is 1. The Morgan fingerprint density at radius 3 is 2.65 bits per heavy atom. The summed E-state index contributed by atoms with van der Waals surface area (Å²) >= 11 is 0. The SMILES string of the molecule is CCOC1(c2nc3c(c(NN)n2)CCC3)CCCCC1. The summed E-state index contributed by atoms with van der Waals surface area (Å²) in [6.07, 6.45) is 8.88. The quantitative estimate of drug-likeness (QED) is 0.653. The van der Waals surface area contributed by atoms with E-state index < -0.39 is 0 Å². The summed E-state index contributed by atoms with van der Waals surface area (Å²) in [6, 6.07) is 0. The average molecular weight is 276 g/mol. The predicted octanol–water partition coefficient (Wildman–Crippen LogP) is 2.45. The number of nitrogens with zero attached hydrogens (tertiary/aromatic N) is 2. The molecule has 5 heteroatoms. The van der Waals surface area contributed by atoms with Gasteiger partial charge in [-0.3, -0.25) is 0 Å². The summed E-state index contributed by atoms with van der Waals surface area (Å²) in [6.45, 7) is 2.75. The van der Waals surface area contributed by atoms with Crippen LogP contribution in [0.4, 0.5) is 5.82 Å². The van der Waals surface area contributed by atoms with Crippen molar-refractivity contribution in [2.75, 3.05) is 12.0 Å². The lowest BCUT2D eigenvalue weighted by Crippen LogP contribution is -2.35. The molecule has 1 fully saturated rings. The Morgan fingerprint density at radius 1 is 1.15 bits per heavy atom. The van der Waals surface area contributed by atoms with Gasteiger partial charge in [0, 0.05) is 17.9 Å². The molecule has 2 aliphatic rings. The maximum absolute atomic E-state index is 6.12. The molecule has 5 nitrogen and oxygen atoms in total. The molecule has 0 radical (unpaired) electrons. The van der Waals surface area contributed by atoms with Crippen LogP contribution in [0, 0.1) is 0 Å². The van der Waals surface area contributed by atoms with Crippen molar-refractivity contribution in [2.45, 2.75) is 63.9 Å². The van der Waals surface area contributed by atoms with Crippen LogP contribution >= 0.6 is 0 Å². The zero-order valence-corrected chi connectivity index (χ0v) is 12.2. The second-order valence-corrected chi connectivity index (χ2v) is 5.81. The van der Waals surface area contributed by atoms with Gasteiger partial charge in [-0.15, -0.1) is 0 Å². The van der Waals surface area contributed by atoms with Crippen LogP contribution < -0.4 is 11.3 Å². The smallest absolute Gasteiger partial charge is 0.162 e. The van der Waals surface area contributed by atoms with Gasteiger partial charge in [-0.05, 0) is 39.0 Å². The predicted molar refractivity (Wildman–Crippen MR) is 78.3 cm³/mol. The molecular weight excluding hydrogens is 252 g/mol. The van der Waals surface area contributed by atoms with Gasteiger partial charge in [-0.2, -0.15) is 0 Å². The molecule has 0 saturated heterocycles. The molecule has 2 aliphatic carbocycles. The molecule has 1 heterocycles. The van der Waals surface area contributed by atoms with Crippen molar-refractivity contribution in [1.82, 2.24) is 9.97 Å². The highest BCUT2D eigenvalue weighted by atomic mass is 16.5. The summed E-state index contributed by atoms with van der Waals surface area (Å²) in [5.74, 6) is 7.30. The van der Waals surface area contributed by atoms with Gasteiger partial charge in [0.1, 0.15) is 11.4 Å². The molecule has 20 heavy (non-hydrogen) atoms. The Labute approximate surface area is 120 Å². The van der Waals surface area contributed by atoms with E-state index in [2.05, 4.69) is 5.43 Å². The Kier molecular flexibility index (Phi) is 3.89. The molecule has 0 spiro atoms. The minimum absolute atomic E-state index is 0.295. The molecular formula is C15H24N4O. The van der Waals surface area contributed by atoms with Gasteiger partial charge in [0.2, 0.25) is 0 Å². The molecule has 0 aliphatic heterocycles. The fourth-order valence-corrected chi connectivity index (χ4v) is 3.59. The molecule has 0 bridgehead atoms. The standard InChI is InChI=1S/C15H24N4O/c1-2-20-15(9-4-3-5-10-15)14-17-12-8-6-7-11(12)13(18-14)19-16/h2-10,16H2,1H3,(H,17,18,19). The highest BCUT2D eigenvalue weighted by Crippen LogP contribution is 2.40. The van der Waals surface area contributed by atoms with Crippen LogP contribution in [-0.2, 0) is 23.2 Å². The van der Waals surface area contributed by atoms with Crippen molar-refractivity contribution in [3.8, 4) is 0 Å². The minimum Gasteiger partial charge on any atom is -0.367 e. The number of hydrogen-bond acceptors (Lipinski definition) is 5. The Morgan fingerprint density at radius 2 is 1.95 bits per heavy atom. The van der Waals surface area contributed by atoms with Gasteiger partial charge in [-0.1, -0.05) is 19.3 Å². The third kappa shape index (κ3) is 2.29. The monoisotopic (exact) mass is 276 g/mol. The average Bonchev–Trinajstić information content (AvgIpc) is 2.96. The number of fused-ring (bicyclic) bond motifs is 1. The molecule has 0 atom stereocenters. The molecule has 1 saturated carbocycles. The zero-order chi connectivity index (χ0) is 14.0. The van der Waals surface area contributed by atoms with Gasteiger partial charge >= 0.3 is 0 Å². The number of nitrogens with one attached hydrogen (secondary N) is 1. The number of aryl methyl sites for hydroxylation is 1. The van der Waals surface area contributed by atoms with E-state index in [1.807, 2.05) is 6.92 Å². The van der Waals surface area contributed by atoms with Crippen LogP contribution in [0.25, 0.3) is 0 Å². The number of hydrogen-bond donors (Lipinski definition) is 2. The van der Waals surface area contributed by atoms with Gasteiger partial charge in [-0.25, -0.2) is 15.8 Å². The topological polar surface area (TPSA) is 73.1 Å². The third-order valence-electron chi connectivity index (χ3n) is 4.56. The molecule has 0 amide bonds. The Balaban J connectivity index is 2.02. The van der Waals surface area contributed by atoms with Crippen molar-refractivity contribution >= 4 is 5.82 Å². The van der Waals surface area contributed by atoms with Crippen molar-refractivity contribution in [3.05, 3.63) is 17.1 Å². The third-order valence-corrected chi connectivity index (χ3v) is 4.56. The van der Waals surface area contributed by atoms with Crippen LogP contribution in [0.15, 0.2) is 0 Å². The van der Waals surface area contributed by atoms with Gasteiger partial charge in [0.15, 0.2) is 5.82 Å². The summed E-state index contributed by atoms with van der Waals surface area (Å²) in [5, 5.41) is 0. The summed E-state index contributed by atoms with van der Waals surface area (Å²) in [4.78, 5) is 9.55. The normalized spacial score (nSPS) is 20.7. The fraction of sp³-hybridized carbons (Fsp3) is 0.733. The lowest BCUT2D eigenvalue weighted by atomic mass is 9.83. The van der Waals surface area contributed by atoms with Crippen molar-refractivity contribution in [2.24, 2.45) is 5.84 Å². The Bertz CT molecular complexity index is 477. The van der Waals surface area contributed by atoms with Crippen LogP contribution in [0.5, 0.6) is 0 Å². The maximum Gasteiger partial charge on any atom is 0.162 e. The maximum atomic E-state index is 6.12. The molecule has 1 aromatic rings. The number of rotatable bonds is 4. The largest absolute Gasteiger partial charge is 0.367 e. The van der Waals surface area contributed by atoms with E-state index in [9.17, 15) is 0 Å². The van der Waals surface area contributed by atoms with E-state index in [-0.39, 0.29) is 5.60 Å². The summed E-state index contributed by atoms with van der Waals surface area (Å²) in [5.41, 5.74) is 4.82. The van der Waals surface area contributed by atoms with Gasteiger partial charge < -0.3 is 10.2 Å². The Hall–Kier alpha value is -1.20. The lowest BCUT2D eigenvalue weighted by molar-refractivity contribution is -0.0767. The molecule has 0 unspecified atom stereocenters. The highest BCUT2D eigenvalue weighted by molar-refractivity contribution is 5.48. The van der Waals surface area contributed by atoms with Crippen LogP contribution in [0.1, 0.15) is 62.5 Å². The first-order valence-corrected chi connectivity index (χ1v) is 7.80. The second kappa shape index (κ2) is 5.66. The number of anilines is 1. The molecule has 3 rings (SSSR count). The zero-order valence-electron chi connectivity index (χ0n) is 12.2. The lowest BCUT2D eigenvalue weighted by Gasteiger charge is -2.36. The van der Waals surface area contributed by atoms with Gasteiger partial charge in [0.05, 0.1) is 0 Å².